The molecule has 1 aromatic carbocycles. The van der Waals surface area contributed by atoms with Crippen molar-refractivity contribution in [1.29, 1.82) is 0 Å². The highest BCUT2D eigenvalue weighted by molar-refractivity contribution is 5.36. The number of benzene rings is 1. The summed E-state index contributed by atoms with van der Waals surface area (Å²) in [6.07, 6.45) is 4.20. The van der Waals surface area contributed by atoms with Gasteiger partial charge < -0.3 is 10.2 Å². The van der Waals surface area contributed by atoms with E-state index in [1.54, 1.807) is 35.1 Å². The second-order valence-corrected chi connectivity index (χ2v) is 3.28. The first-order chi connectivity index (χ1) is 7.29. The highest BCUT2D eigenvalue weighted by Gasteiger charge is 2.00. The van der Waals surface area contributed by atoms with Crippen molar-refractivity contribution < 1.29 is 10.2 Å². The van der Waals surface area contributed by atoms with Gasteiger partial charge in [-0.2, -0.15) is 5.10 Å². The smallest absolute Gasteiger partial charge is 0.115 e. The lowest BCUT2D eigenvalue weighted by atomic mass is 10.3. The lowest BCUT2D eigenvalue weighted by Gasteiger charge is -2.00. The van der Waals surface area contributed by atoms with Crippen molar-refractivity contribution in [3.05, 3.63) is 42.2 Å². The first kappa shape index (κ1) is 9.73. The van der Waals surface area contributed by atoms with Gasteiger partial charge in [0.15, 0.2) is 0 Å². The van der Waals surface area contributed by atoms with E-state index >= 15 is 0 Å². The van der Waals surface area contributed by atoms with Crippen LogP contribution in [0.25, 0.3) is 5.69 Å². The van der Waals surface area contributed by atoms with Crippen LogP contribution in [-0.2, 0) is 6.42 Å². The van der Waals surface area contributed by atoms with Crippen molar-refractivity contribution in [3.8, 4) is 11.4 Å². The van der Waals surface area contributed by atoms with Gasteiger partial charge in [0, 0.05) is 12.8 Å². The Morgan fingerprint density at radius 3 is 2.60 bits per heavy atom. The summed E-state index contributed by atoms with van der Waals surface area (Å²) >= 11 is 0. The maximum Gasteiger partial charge on any atom is 0.115 e. The lowest BCUT2D eigenvalue weighted by Crippen LogP contribution is -1.93. The third-order valence-corrected chi connectivity index (χ3v) is 2.15. The number of aliphatic hydroxyl groups is 1. The molecule has 78 valence electrons. The average molecular weight is 204 g/mol. The highest BCUT2D eigenvalue weighted by Crippen LogP contribution is 2.13. The minimum absolute atomic E-state index is 0.126. The zero-order valence-corrected chi connectivity index (χ0v) is 8.17. The third-order valence-electron chi connectivity index (χ3n) is 2.15. The number of aliphatic hydroxyl groups excluding tert-OH is 1. The van der Waals surface area contributed by atoms with Gasteiger partial charge in [0.25, 0.3) is 0 Å². The number of aromatic hydroxyl groups is 1. The summed E-state index contributed by atoms with van der Waals surface area (Å²) in [7, 11) is 0. The molecule has 0 aliphatic heterocycles. The average Bonchev–Trinajstić information content (AvgIpc) is 2.68. The molecule has 1 heterocycles. The maximum atomic E-state index is 9.13. The topological polar surface area (TPSA) is 58.3 Å². The molecule has 15 heavy (non-hydrogen) atoms. The SMILES string of the molecule is OCCc1cnn(-c2ccc(O)cc2)c1. The van der Waals surface area contributed by atoms with Crippen LogP contribution >= 0.6 is 0 Å². The van der Waals surface area contributed by atoms with Gasteiger partial charge in [0.1, 0.15) is 5.75 Å². The maximum absolute atomic E-state index is 9.13. The molecule has 2 rings (SSSR count). The number of aromatic nitrogens is 2. The van der Waals surface area contributed by atoms with Crippen LogP contribution in [-0.4, -0.2) is 26.6 Å². The standard InChI is InChI=1S/C11H12N2O2/c14-6-5-9-7-12-13(8-9)10-1-3-11(15)4-2-10/h1-4,7-8,14-15H,5-6H2. The van der Waals surface area contributed by atoms with Crippen LogP contribution in [0.5, 0.6) is 5.75 Å². The number of phenols is 1. The van der Waals surface area contributed by atoms with E-state index < -0.39 is 0 Å². The largest absolute Gasteiger partial charge is 0.508 e. The molecule has 2 N–H and O–H groups in total. The Balaban J connectivity index is 2.25. The second kappa shape index (κ2) is 4.14. The number of hydrogen-bond acceptors (Lipinski definition) is 3. The Labute approximate surface area is 87.4 Å². The van der Waals surface area contributed by atoms with Crippen LogP contribution in [0.4, 0.5) is 0 Å². The van der Waals surface area contributed by atoms with E-state index in [1.807, 2.05) is 6.20 Å². The van der Waals surface area contributed by atoms with Crippen LogP contribution in [0.2, 0.25) is 0 Å². The summed E-state index contributed by atoms with van der Waals surface area (Å²) in [5.41, 5.74) is 1.88. The predicted molar refractivity (Wildman–Crippen MR) is 56.0 cm³/mol. The van der Waals surface area contributed by atoms with E-state index in [4.69, 9.17) is 10.2 Å². The summed E-state index contributed by atoms with van der Waals surface area (Å²) < 4.78 is 1.71. The van der Waals surface area contributed by atoms with Gasteiger partial charge >= 0.3 is 0 Å². The minimum atomic E-state index is 0.126. The molecule has 0 fully saturated rings. The molecule has 0 bridgehead atoms. The van der Waals surface area contributed by atoms with Crippen molar-refractivity contribution in [2.45, 2.75) is 6.42 Å². The lowest BCUT2D eigenvalue weighted by molar-refractivity contribution is 0.299. The number of phenolic OH excluding ortho intramolecular Hbond substituents is 1. The molecular weight excluding hydrogens is 192 g/mol. The van der Waals surface area contributed by atoms with E-state index in [2.05, 4.69) is 5.10 Å². The van der Waals surface area contributed by atoms with Gasteiger partial charge in [-0.1, -0.05) is 0 Å². The monoisotopic (exact) mass is 204 g/mol. The molecule has 0 saturated carbocycles. The van der Waals surface area contributed by atoms with E-state index in [0.717, 1.165) is 11.3 Å². The van der Waals surface area contributed by atoms with Crippen molar-refractivity contribution in [2.75, 3.05) is 6.61 Å². The molecule has 2 aromatic rings. The zero-order chi connectivity index (χ0) is 10.7. The van der Waals surface area contributed by atoms with E-state index in [1.165, 1.54) is 0 Å². The molecule has 0 aliphatic rings. The normalized spacial score (nSPS) is 10.5. The fourth-order valence-electron chi connectivity index (χ4n) is 1.36. The molecule has 0 radical (unpaired) electrons. The van der Waals surface area contributed by atoms with Gasteiger partial charge in [0.2, 0.25) is 0 Å². The fraction of sp³-hybridized carbons (Fsp3) is 0.182. The Kier molecular flexibility index (Phi) is 2.69. The predicted octanol–water partition coefficient (Wildman–Crippen LogP) is 1.11. The summed E-state index contributed by atoms with van der Waals surface area (Å²) in [4.78, 5) is 0. The minimum Gasteiger partial charge on any atom is -0.508 e. The molecule has 0 unspecified atom stereocenters. The van der Waals surface area contributed by atoms with Gasteiger partial charge in [-0.15, -0.1) is 0 Å². The second-order valence-electron chi connectivity index (χ2n) is 3.28. The van der Waals surface area contributed by atoms with E-state index in [-0.39, 0.29) is 12.4 Å². The first-order valence-electron chi connectivity index (χ1n) is 4.73. The Hall–Kier alpha value is -1.81. The summed E-state index contributed by atoms with van der Waals surface area (Å²) in [6.45, 7) is 0.126. The number of rotatable bonds is 3. The Morgan fingerprint density at radius 2 is 1.93 bits per heavy atom. The zero-order valence-electron chi connectivity index (χ0n) is 8.17. The Bertz CT molecular complexity index is 434. The summed E-state index contributed by atoms with van der Waals surface area (Å²) in [6, 6.07) is 6.79. The molecule has 4 heteroatoms. The fourth-order valence-corrected chi connectivity index (χ4v) is 1.36. The van der Waals surface area contributed by atoms with E-state index in [9.17, 15) is 0 Å². The molecule has 0 amide bonds. The molecular formula is C11H12N2O2. The van der Waals surface area contributed by atoms with Crippen molar-refractivity contribution in [1.82, 2.24) is 9.78 Å². The number of hydrogen-bond donors (Lipinski definition) is 2. The van der Waals surface area contributed by atoms with Crippen LogP contribution in [0.3, 0.4) is 0 Å². The Morgan fingerprint density at radius 1 is 1.20 bits per heavy atom. The highest BCUT2D eigenvalue weighted by atomic mass is 16.3. The van der Waals surface area contributed by atoms with Gasteiger partial charge in [-0.05, 0) is 36.2 Å². The van der Waals surface area contributed by atoms with Gasteiger partial charge in [-0.3, -0.25) is 0 Å². The summed E-state index contributed by atoms with van der Waals surface area (Å²) in [5, 5.41) is 22.1. The van der Waals surface area contributed by atoms with Crippen LogP contribution in [0, 0.1) is 0 Å². The number of nitrogens with zero attached hydrogens (tertiary/aromatic N) is 2. The van der Waals surface area contributed by atoms with Crippen LogP contribution < -0.4 is 0 Å². The molecule has 0 atom stereocenters. The van der Waals surface area contributed by atoms with Crippen molar-refractivity contribution in [3.63, 3.8) is 0 Å². The quantitative estimate of drug-likeness (QED) is 0.787. The molecule has 4 nitrogen and oxygen atoms in total. The molecule has 0 saturated heterocycles. The van der Waals surface area contributed by atoms with Gasteiger partial charge in [-0.25, -0.2) is 4.68 Å². The van der Waals surface area contributed by atoms with Crippen molar-refractivity contribution >= 4 is 0 Å². The molecule has 0 spiro atoms. The van der Waals surface area contributed by atoms with Crippen LogP contribution in [0.1, 0.15) is 5.56 Å². The first-order valence-corrected chi connectivity index (χ1v) is 4.73. The summed E-state index contributed by atoms with van der Waals surface area (Å²) in [5.74, 6) is 0.237. The third kappa shape index (κ3) is 2.16. The van der Waals surface area contributed by atoms with Crippen LogP contribution in [0.15, 0.2) is 36.7 Å². The van der Waals surface area contributed by atoms with Gasteiger partial charge in [0.05, 0.1) is 11.9 Å². The van der Waals surface area contributed by atoms with E-state index in [0.29, 0.717) is 6.42 Å². The van der Waals surface area contributed by atoms with Crippen molar-refractivity contribution in [2.24, 2.45) is 0 Å². The molecule has 1 aromatic heterocycles. The molecule has 0 aliphatic carbocycles.